The van der Waals surface area contributed by atoms with Crippen molar-refractivity contribution in [2.45, 2.75) is 13.5 Å². The maximum Gasteiger partial charge on any atom is 0.329 e. The van der Waals surface area contributed by atoms with Crippen LogP contribution in [-0.4, -0.2) is 34.8 Å². The lowest BCUT2D eigenvalue weighted by Crippen LogP contribution is -2.20. The van der Waals surface area contributed by atoms with Gasteiger partial charge in [-0.2, -0.15) is 0 Å². The SMILES string of the molecule is CCn1c2ccccc2c2cc(NC(=O)COCC(=O)O)ccc21. The van der Waals surface area contributed by atoms with Gasteiger partial charge in [-0.1, -0.05) is 18.2 Å². The number of fused-ring (bicyclic) bond motifs is 3. The Morgan fingerprint density at radius 3 is 2.58 bits per heavy atom. The van der Waals surface area contributed by atoms with Crippen molar-refractivity contribution in [2.24, 2.45) is 0 Å². The van der Waals surface area contributed by atoms with Crippen LogP contribution in [0, 0.1) is 0 Å². The van der Waals surface area contributed by atoms with Gasteiger partial charge in [-0.05, 0) is 31.2 Å². The normalized spacial score (nSPS) is 11.0. The minimum Gasteiger partial charge on any atom is -0.480 e. The lowest BCUT2D eigenvalue weighted by atomic mass is 10.1. The monoisotopic (exact) mass is 326 g/mol. The fraction of sp³-hybridized carbons (Fsp3) is 0.222. The number of carboxylic acid groups (broad SMARTS) is 1. The predicted octanol–water partition coefficient (Wildman–Crippen LogP) is 2.85. The lowest BCUT2D eigenvalue weighted by molar-refractivity contribution is -0.143. The van der Waals surface area contributed by atoms with Crippen molar-refractivity contribution in [2.75, 3.05) is 18.5 Å². The maximum atomic E-state index is 11.8. The van der Waals surface area contributed by atoms with Crippen LogP contribution >= 0.6 is 0 Å². The highest BCUT2D eigenvalue weighted by molar-refractivity contribution is 6.09. The Morgan fingerprint density at radius 2 is 1.83 bits per heavy atom. The summed E-state index contributed by atoms with van der Waals surface area (Å²) >= 11 is 0. The zero-order valence-electron chi connectivity index (χ0n) is 13.3. The molecule has 0 fully saturated rings. The van der Waals surface area contributed by atoms with Gasteiger partial charge in [0.25, 0.3) is 0 Å². The molecule has 0 aliphatic carbocycles. The smallest absolute Gasteiger partial charge is 0.329 e. The number of amides is 1. The van der Waals surface area contributed by atoms with Crippen molar-refractivity contribution in [3.05, 3.63) is 42.5 Å². The van der Waals surface area contributed by atoms with Crippen molar-refractivity contribution in [1.82, 2.24) is 4.57 Å². The summed E-state index contributed by atoms with van der Waals surface area (Å²) in [4.78, 5) is 22.2. The molecule has 1 amide bonds. The Morgan fingerprint density at radius 1 is 1.08 bits per heavy atom. The number of para-hydroxylation sites is 1. The van der Waals surface area contributed by atoms with Gasteiger partial charge in [-0.25, -0.2) is 4.79 Å². The highest BCUT2D eigenvalue weighted by atomic mass is 16.5. The second-order valence-electron chi connectivity index (χ2n) is 5.43. The van der Waals surface area contributed by atoms with Crippen molar-refractivity contribution in [3.63, 3.8) is 0 Å². The van der Waals surface area contributed by atoms with Gasteiger partial charge in [0.1, 0.15) is 13.2 Å². The van der Waals surface area contributed by atoms with Crippen LogP contribution < -0.4 is 5.32 Å². The quantitative estimate of drug-likeness (QED) is 0.730. The molecule has 24 heavy (non-hydrogen) atoms. The molecule has 0 radical (unpaired) electrons. The van der Waals surface area contributed by atoms with E-state index < -0.39 is 12.6 Å². The molecule has 0 aliphatic rings. The first kappa shape index (κ1) is 16.0. The van der Waals surface area contributed by atoms with Crippen LogP contribution in [0.25, 0.3) is 21.8 Å². The maximum absolute atomic E-state index is 11.8. The van der Waals surface area contributed by atoms with Crippen LogP contribution in [0.3, 0.4) is 0 Å². The number of ether oxygens (including phenoxy) is 1. The molecule has 0 unspecified atom stereocenters. The molecule has 2 aromatic carbocycles. The summed E-state index contributed by atoms with van der Waals surface area (Å²) in [7, 11) is 0. The largest absolute Gasteiger partial charge is 0.480 e. The van der Waals surface area contributed by atoms with Gasteiger partial charge in [-0.3, -0.25) is 4.79 Å². The second kappa shape index (κ2) is 6.72. The van der Waals surface area contributed by atoms with E-state index in [9.17, 15) is 9.59 Å². The lowest BCUT2D eigenvalue weighted by Gasteiger charge is -2.06. The molecular formula is C18H18N2O4. The molecule has 0 aliphatic heterocycles. The van der Waals surface area contributed by atoms with E-state index in [1.807, 2.05) is 30.3 Å². The number of nitrogens with zero attached hydrogens (tertiary/aromatic N) is 1. The zero-order valence-corrected chi connectivity index (χ0v) is 13.3. The summed E-state index contributed by atoms with van der Waals surface area (Å²) < 4.78 is 7.02. The Bertz CT molecular complexity index is 914. The second-order valence-corrected chi connectivity index (χ2v) is 5.43. The molecule has 2 N–H and O–H groups in total. The third-order valence-electron chi connectivity index (χ3n) is 3.83. The topological polar surface area (TPSA) is 80.6 Å². The number of aliphatic carboxylic acids is 1. The number of hydrogen-bond donors (Lipinski definition) is 2. The van der Waals surface area contributed by atoms with Gasteiger partial charge in [-0.15, -0.1) is 0 Å². The average molecular weight is 326 g/mol. The molecule has 3 aromatic rings. The van der Waals surface area contributed by atoms with Crippen LogP contribution in [-0.2, 0) is 20.9 Å². The fourth-order valence-electron chi connectivity index (χ4n) is 2.90. The number of nitrogens with one attached hydrogen (secondary N) is 1. The summed E-state index contributed by atoms with van der Waals surface area (Å²) in [6.45, 7) is 2.18. The molecule has 0 atom stereocenters. The van der Waals surface area contributed by atoms with Gasteiger partial charge in [0.05, 0.1) is 0 Å². The van der Waals surface area contributed by atoms with Crippen molar-refractivity contribution >= 4 is 39.4 Å². The number of carbonyl (C=O) groups is 2. The molecule has 6 heteroatoms. The minimum absolute atomic E-state index is 0.291. The Kier molecular flexibility index (Phi) is 4.48. The van der Waals surface area contributed by atoms with Crippen molar-refractivity contribution in [3.8, 4) is 0 Å². The van der Waals surface area contributed by atoms with E-state index in [-0.39, 0.29) is 12.5 Å². The van der Waals surface area contributed by atoms with E-state index in [4.69, 9.17) is 9.84 Å². The fourth-order valence-corrected chi connectivity index (χ4v) is 2.90. The average Bonchev–Trinajstić information content (AvgIpc) is 2.87. The van der Waals surface area contributed by atoms with E-state index in [1.165, 1.54) is 0 Å². The molecule has 124 valence electrons. The number of aryl methyl sites for hydroxylation is 1. The van der Waals surface area contributed by atoms with E-state index in [1.54, 1.807) is 0 Å². The molecule has 1 aromatic heterocycles. The summed E-state index contributed by atoms with van der Waals surface area (Å²) in [6, 6.07) is 13.9. The Labute approximate surface area is 138 Å². The number of rotatable bonds is 6. The van der Waals surface area contributed by atoms with Gasteiger partial charge >= 0.3 is 5.97 Å². The first-order valence-electron chi connectivity index (χ1n) is 7.70. The van der Waals surface area contributed by atoms with Crippen molar-refractivity contribution < 1.29 is 19.4 Å². The van der Waals surface area contributed by atoms with E-state index in [0.717, 1.165) is 28.4 Å². The van der Waals surface area contributed by atoms with Gasteiger partial charge in [0.2, 0.25) is 5.91 Å². The molecule has 0 saturated carbocycles. The van der Waals surface area contributed by atoms with Crippen LogP contribution in [0.2, 0.25) is 0 Å². The number of anilines is 1. The number of hydrogen-bond acceptors (Lipinski definition) is 3. The first-order valence-corrected chi connectivity index (χ1v) is 7.70. The van der Waals surface area contributed by atoms with Gasteiger partial charge in [0.15, 0.2) is 0 Å². The summed E-state index contributed by atoms with van der Waals surface area (Å²) in [5, 5.41) is 13.4. The molecule has 6 nitrogen and oxygen atoms in total. The van der Waals surface area contributed by atoms with Gasteiger partial charge < -0.3 is 19.7 Å². The predicted molar refractivity (Wildman–Crippen MR) is 92.2 cm³/mol. The molecular weight excluding hydrogens is 308 g/mol. The standard InChI is InChI=1S/C18H18N2O4/c1-2-20-15-6-4-3-5-13(15)14-9-12(7-8-16(14)20)19-17(21)10-24-11-18(22)23/h3-9H,2,10-11H2,1H3,(H,19,21)(H,22,23). The summed E-state index contributed by atoms with van der Waals surface area (Å²) in [5.41, 5.74) is 2.92. The van der Waals surface area contributed by atoms with Crippen LogP contribution in [0.1, 0.15) is 6.92 Å². The molecule has 1 heterocycles. The molecule has 0 saturated heterocycles. The van der Waals surface area contributed by atoms with Crippen LogP contribution in [0.5, 0.6) is 0 Å². The number of carbonyl (C=O) groups excluding carboxylic acids is 1. The van der Waals surface area contributed by atoms with Crippen LogP contribution in [0.4, 0.5) is 5.69 Å². The van der Waals surface area contributed by atoms with Crippen LogP contribution in [0.15, 0.2) is 42.5 Å². The zero-order chi connectivity index (χ0) is 17.1. The van der Waals surface area contributed by atoms with E-state index in [0.29, 0.717) is 5.69 Å². The van der Waals surface area contributed by atoms with Crippen molar-refractivity contribution in [1.29, 1.82) is 0 Å². The van der Waals surface area contributed by atoms with E-state index in [2.05, 4.69) is 28.9 Å². The highest BCUT2D eigenvalue weighted by Crippen LogP contribution is 2.30. The Hall–Kier alpha value is -2.86. The Balaban J connectivity index is 1.87. The van der Waals surface area contributed by atoms with Gasteiger partial charge in [0, 0.05) is 34.0 Å². The summed E-state index contributed by atoms with van der Waals surface area (Å²) in [6.07, 6.45) is 0. The number of aromatic nitrogens is 1. The van der Waals surface area contributed by atoms with E-state index >= 15 is 0 Å². The molecule has 3 rings (SSSR count). The molecule has 0 spiro atoms. The summed E-state index contributed by atoms with van der Waals surface area (Å²) in [5.74, 6) is -1.48. The third-order valence-corrected chi connectivity index (χ3v) is 3.83. The number of benzene rings is 2. The minimum atomic E-state index is -1.10. The molecule has 0 bridgehead atoms. The number of carboxylic acids is 1. The third kappa shape index (κ3) is 3.09. The highest BCUT2D eigenvalue weighted by Gasteiger charge is 2.11. The first-order chi connectivity index (χ1) is 11.6.